The average molecular weight is 288 g/mol. The summed E-state index contributed by atoms with van der Waals surface area (Å²) in [5.41, 5.74) is 5.61. The molecule has 5 heteroatoms. The van der Waals surface area contributed by atoms with E-state index in [0.717, 1.165) is 11.1 Å². The van der Waals surface area contributed by atoms with Gasteiger partial charge in [-0.1, -0.05) is 30.3 Å². The average Bonchev–Trinajstić information content (AvgIpc) is 2.51. The summed E-state index contributed by atoms with van der Waals surface area (Å²) in [6.45, 7) is 1.00. The van der Waals surface area contributed by atoms with Crippen molar-refractivity contribution in [2.45, 2.75) is 6.04 Å². The number of hydrogen-bond donors (Lipinski definition) is 2. The number of nitrogens with two attached hydrogens (primary N) is 1. The van der Waals surface area contributed by atoms with Gasteiger partial charge in [0.05, 0.1) is 13.2 Å². The molecule has 0 saturated carbocycles. The predicted octanol–water partition coefficient (Wildman–Crippen LogP) is 1.31. The molecule has 1 atom stereocenters. The Morgan fingerprint density at radius 3 is 2.76 bits per heavy atom. The highest BCUT2D eigenvalue weighted by atomic mass is 16.5. The summed E-state index contributed by atoms with van der Waals surface area (Å²) in [7, 11) is 1.51. The van der Waals surface area contributed by atoms with Gasteiger partial charge in [-0.25, -0.2) is 0 Å². The summed E-state index contributed by atoms with van der Waals surface area (Å²) in [5, 5.41) is 5.00. The smallest absolute Gasteiger partial charge is 0.239 e. The zero-order chi connectivity index (χ0) is 15.1. The molecule has 2 rings (SSSR count). The van der Waals surface area contributed by atoms with Gasteiger partial charge in [0.25, 0.3) is 0 Å². The first-order valence-electron chi connectivity index (χ1n) is 6.84. The number of carbonyl (C=O) groups excluding carboxylic acids is 1. The fourth-order valence-corrected chi connectivity index (χ4v) is 1.99. The van der Waals surface area contributed by atoms with Gasteiger partial charge >= 0.3 is 0 Å². The number of methoxy groups -OCH3 is 1. The number of rotatable bonds is 7. The van der Waals surface area contributed by atoms with Gasteiger partial charge in [-0.15, -0.1) is 0 Å². The Morgan fingerprint density at radius 2 is 2.00 bits per heavy atom. The van der Waals surface area contributed by atoms with Crippen molar-refractivity contribution < 1.29 is 14.3 Å². The third-order valence-electron chi connectivity index (χ3n) is 3.07. The fraction of sp³-hybridized carbons (Fsp3) is 0.312. The van der Waals surface area contributed by atoms with E-state index in [-0.39, 0.29) is 12.5 Å². The van der Waals surface area contributed by atoms with Crippen molar-refractivity contribution in [1.29, 1.82) is 0 Å². The minimum Gasteiger partial charge on any atom is -0.492 e. The van der Waals surface area contributed by atoms with Gasteiger partial charge in [0.1, 0.15) is 18.4 Å². The van der Waals surface area contributed by atoms with E-state index in [0.29, 0.717) is 13.2 Å². The molecular weight excluding hydrogens is 268 g/mol. The molecule has 0 radical (unpaired) electrons. The van der Waals surface area contributed by atoms with E-state index in [2.05, 4.69) is 11.4 Å². The second-order valence-electron chi connectivity index (χ2n) is 4.71. The highest BCUT2D eigenvalue weighted by Gasteiger charge is 2.11. The molecule has 0 aromatic heterocycles. The third-order valence-corrected chi connectivity index (χ3v) is 3.07. The molecule has 5 nitrogen and oxygen atoms in total. The normalized spacial score (nSPS) is 12.1. The van der Waals surface area contributed by atoms with Crippen molar-refractivity contribution in [2.24, 2.45) is 5.73 Å². The lowest BCUT2D eigenvalue weighted by atomic mass is 10.1. The Hall–Kier alpha value is -2.11. The first-order valence-corrected chi connectivity index (χ1v) is 6.84. The van der Waals surface area contributed by atoms with Crippen LogP contribution in [-0.4, -0.2) is 38.8 Å². The van der Waals surface area contributed by atoms with E-state index in [1.807, 2.05) is 36.4 Å². The molecule has 0 fully saturated rings. The van der Waals surface area contributed by atoms with Crippen molar-refractivity contribution in [2.75, 3.05) is 26.9 Å². The second-order valence-corrected chi connectivity index (χ2v) is 4.71. The number of carbonyl (C=O) groups is 1. The molecule has 0 spiro atoms. The third kappa shape index (κ3) is 4.44. The lowest BCUT2D eigenvalue weighted by Gasteiger charge is -2.12. The first kappa shape index (κ1) is 15.3. The van der Waals surface area contributed by atoms with E-state index in [4.69, 9.17) is 15.2 Å². The molecule has 2 aromatic carbocycles. The predicted molar refractivity (Wildman–Crippen MR) is 82.3 cm³/mol. The molecule has 112 valence electrons. The molecule has 0 heterocycles. The van der Waals surface area contributed by atoms with Crippen molar-refractivity contribution in [3.8, 4) is 5.75 Å². The minimum atomic E-state index is -0.643. The van der Waals surface area contributed by atoms with Crippen LogP contribution in [0.2, 0.25) is 0 Å². The maximum absolute atomic E-state index is 11.5. The number of ether oxygens (including phenoxy) is 2. The van der Waals surface area contributed by atoms with Crippen molar-refractivity contribution in [3.63, 3.8) is 0 Å². The van der Waals surface area contributed by atoms with E-state index in [9.17, 15) is 4.79 Å². The van der Waals surface area contributed by atoms with Gasteiger partial charge in [-0.3, -0.25) is 4.79 Å². The van der Waals surface area contributed by atoms with E-state index in [1.165, 1.54) is 12.5 Å². The Morgan fingerprint density at radius 1 is 1.24 bits per heavy atom. The first-order chi connectivity index (χ1) is 10.2. The van der Waals surface area contributed by atoms with Gasteiger partial charge in [0, 0.05) is 7.11 Å². The molecule has 3 N–H and O–H groups in total. The molecule has 0 aliphatic carbocycles. The second kappa shape index (κ2) is 7.61. The standard InChI is InChI=1S/C16H20N2O3/c1-20-11-15(17)16(19)18-8-9-21-14-7-6-12-4-2-3-5-13(12)10-14/h2-7,10,15H,8-9,11,17H2,1H3,(H,18,19). The fourth-order valence-electron chi connectivity index (χ4n) is 1.99. The summed E-state index contributed by atoms with van der Waals surface area (Å²) < 4.78 is 10.4. The Balaban J connectivity index is 1.78. The Bertz CT molecular complexity index is 601. The van der Waals surface area contributed by atoms with Gasteiger partial charge < -0.3 is 20.5 Å². The summed E-state index contributed by atoms with van der Waals surface area (Å²) in [5.74, 6) is 0.545. The van der Waals surface area contributed by atoms with Gasteiger partial charge in [-0.05, 0) is 22.9 Å². The molecule has 0 bridgehead atoms. The zero-order valence-corrected chi connectivity index (χ0v) is 12.0. The van der Waals surface area contributed by atoms with E-state index in [1.54, 1.807) is 0 Å². The topological polar surface area (TPSA) is 73.6 Å². The van der Waals surface area contributed by atoms with Crippen LogP contribution in [0.3, 0.4) is 0 Å². The molecule has 0 saturated heterocycles. The van der Waals surface area contributed by atoms with E-state index < -0.39 is 6.04 Å². The monoisotopic (exact) mass is 288 g/mol. The summed E-state index contributed by atoms with van der Waals surface area (Å²) in [6.07, 6.45) is 0. The van der Waals surface area contributed by atoms with Gasteiger partial charge in [0.2, 0.25) is 5.91 Å². The van der Waals surface area contributed by atoms with Crippen LogP contribution in [-0.2, 0) is 9.53 Å². The van der Waals surface area contributed by atoms with Crippen molar-refractivity contribution >= 4 is 16.7 Å². The number of fused-ring (bicyclic) bond motifs is 1. The Labute approximate surface area is 124 Å². The number of hydrogen-bond acceptors (Lipinski definition) is 4. The summed E-state index contributed by atoms with van der Waals surface area (Å²) in [4.78, 5) is 11.5. The van der Waals surface area contributed by atoms with Crippen molar-refractivity contribution in [1.82, 2.24) is 5.32 Å². The lowest BCUT2D eigenvalue weighted by molar-refractivity contribution is -0.123. The quantitative estimate of drug-likeness (QED) is 0.753. The van der Waals surface area contributed by atoms with E-state index >= 15 is 0 Å². The molecule has 1 unspecified atom stereocenters. The SMILES string of the molecule is COCC(N)C(=O)NCCOc1ccc2ccccc2c1. The summed E-state index contributed by atoms with van der Waals surface area (Å²) in [6, 6.07) is 13.3. The van der Waals surface area contributed by atoms with Crippen LogP contribution in [0.1, 0.15) is 0 Å². The molecule has 1 amide bonds. The minimum absolute atomic E-state index is 0.206. The maximum Gasteiger partial charge on any atom is 0.239 e. The molecule has 0 aliphatic heterocycles. The largest absolute Gasteiger partial charge is 0.492 e. The maximum atomic E-state index is 11.5. The van der Waals surface area contributed by atoms with Crippen LogP contribution in [0, 0.1) is 0 Å². The number of nitrogens with one attached hydrogen (secondary N) is 1. The highest BCUT2D eigenvalue weighted by Crippen LogP contribution is 2.20. The highest BCUT2D eigenvalue weighted by molar-refractivity contribution is 5.83. The van der Waals surface area contributed by atoms with Crippen LogP contribution in [0.4, 0.5) is 0 Å². The lowest BCUT2D eigenvalue weighted by Crippen LogP contribution is -2.44. The Kier molecular flexibility index (Phi) is 5.54. The molecule has 0 aliphatic rings. The van der Waals surface area contributed by atoms with Gasteiger partial charge in [-0.2, -0.15) is 0 Å². The summed E-state index contributed by atoms with van der Waals surface area (Å²) >= 11 is 0. The van der Waals surface area contributed by atoms with Crippen molar-refractivity contribution in [3.05, 3.63) is 42.5 Å². The van der Waals surface area contributed by atoms with Crippen LogP contribution in [0.15, 0.2) is 42.5 Å². The number of benzene rings is 2. The van der Waals surface area contributed by atoms with Gasteiger partial charge in [0.15, 0.2) is 0 Å². The van der Waals surface area contributed by atoms with Crippen LogP contribution in [0.25, 0.3) is 10.8 Å². The number of amides is 1. The van der Waals surface area contributed by atoms with Crippen LogP contribution >= 0.6 is 0 Å². The molecule has 2 aromatic rings. The van der Waals surface area contributed by atoms with Crippen LogP contribution < -0.4 is 15.8 Å². The van der Waals surface area contributed by atoms with Crippen LogP contribution in [0.5, 0.6) is 5.75 Å². The zero-order valence-electron chi connectivity index (χ0n) is 12.0. The molecular formula is C16H20N2O3. The molecule has 21 heavy (non-hydrogen) atoms.